The summed E-state index contributed by atoms with van der Waals surface area (Å²) in [6.07, 6.45) is 0. The molecule has 1 atom stereocenters. The van der Waals surface area contributed by atoms with Crippen molar-refractivity contribution in [1.29, 1.82) is 5.41 Å². The van der Waals surface area contributed by atoms with Crippen LogP contribution in [-0.4, -0.2) is 29.1 Å². The SMILES string of the molecule is CC(CSCCO)C(=N)N. The van der Waals surface area contributed by atoms with Crippen molar-refractivity contribution >= 4 is 17.6 Å². The minimum absolute atomic E-state index is 0.136. The van der Waals surface area contributed by atoms with E-state index in [-0.39, 0.29) is 18.4 Å². The van der Waals surface area contributed by atoms with Gasteiger partial charge in [0.1, 0.15) is 0 Å². The summed E-state index contributed by atoms with van der Waals surface area (Å²) in [6.45, 7) is 2.11. The Hall–Kier alpha value is -0.220. The highest BCUT2D eigenvalue weighted by molar-refractivity contribution is 7.99. The van der Waals surface area contributed by atoms with Crippen LogP contribution in [0.1, 0.15) is 6.92 Å². The van der Waals surface area contributed by atoms with Gasteiger partial charge in [-0.2, -0.15) is 11.8 Å². The second-order valence-corrected chi connectivity index (χ2v) is 3.30. The molecule has 0 saturated carbocycles. The van der Waals surface area contributed by atoms with Gasteiger partial charge in [-0.05, 0) is 0 Å². The number of nitrogens with one attached hydrogen (secondary N) is 1. The van der Waals surface area contributed by atoms with Crippen LogP contribution in [0.25, 0.3) is 0 Å². The van der Waals surface area contributed by atoms with E-state index < -0.39 is 0 Å². The normalized spacial score (nSPS) is 13.0. The molecule has 0 aromatic heterocycles. The van der Waals surface area contributed by atoms with Gasteiger partial charge in [0.25, 0.3) is 0 Å². The minimum atomic E-state index is 0.136. The lowest BCUT2D eigenvalue weighted by Crippen LogP contribution is -2.21. The van der Waals surface area contributed by atoms with Crippen molar-refractivity contribution in [3.63, 3.8) is 0 Å². The molecule has 0 amide bonds. The summed E-state index contributed by atoms with van der Waals surface area (Å²) in [5.74, 6) is 1.93. The van der Waals surface area contributed by atoms with E-state index in [1.165, 1.54) is 0 Å². The lowest BCUT2D eigenvalue weighted by Gasteiger charge is -2.06. The molecule has 0 saturated heterocycles. The fraction of sp³-hybridized carbons (Fsp3) is 0.833. The van der Waals surface area contributed by atoms with E-state index in [9.17, 15) is 0 Å². The summed E-state index contributed by atoms with van der Waals surface area (Å²) >= 11 is 1.62. The number of rotatable bonds is 5. The number of nitrogens with two attached hydrogens (primary N) is 1. The molecular formula is C6H14N2OS. The summed E-state index contributed by atoms with van der Waals surface area (Å²) in [6, 6.07) is 0. The largest absolute Gasteiger partial charge is 0.396 e. The Labute approximate surface area is 65.5 Å². The topological polar surface area (TPSA) is 70.1 Å². The van der Waals surface area contributed by atoms with Crippen LogP contribution in [-0.2, 0) is 0 Å². The number of hydrogen-bond acceptors (Lipinski definition) is 3. The average Bonchev–Trinajstić information content (AvgIpc) is 1.88. The third kappa shape index (κ3) is 4.64. The number of thioether (sulfide) groups is 1. The maximum absolute atomic E-state index is 8.41. The predicted molar refractivity (Wildman–Crippen MR) is 45.5 cm³/mol. The molecule has 0 aliphatic carbocycles. The fourth-order valence-electron chi connectivity index (χ4n) is 0.414. The smallest absolute Gasteiger partial charge is 0.0942 e. The van der Waals surface area contributed by atoms with Gasteiger partial charge in [0.15, 0.2) is 0 Å². The summed E-state index contributed by atoms with van der Waals surface area (Å²) < 4.78 is 0. The molecule has 0 fully saturated rings. The van der Waals surface area contributed by atoms with Crippen molar-refractivity contribution < 1.29 is 5.11 Å². The third-order valence-electron chi connectivity index (χ3n) is 1.13. The van der Waals surface area contributed by atoms with Gasteiger partial charge in [0.2, 0.25) is 0 Å². The minimum Gasteiger partial charge on any atom is -0.396 e. The molecule has 0 radical (unpaired) electrons. The Morgan fingerprint density at radius 3 is 2.80 bits per heavy atom. The van der Waals surface area contributed by atoms with Crippen molar-refractivity contribution in [2.75, 3.05) is 18.1 Å². The highest BCUT2D eigenvalue weighted by Crippen LogP contribution is 2.06. The van der Waals surface area contributed by atoms with Gasteiger partial charge in [-0.1, -0.05) is 6.92 Å². The number of aliphatic hydroxyl groups excluding tert-OH is 1. The second kappa shape index (κ2) is 5.56. The van der Waals surface area contributed by atoms with Crippen LogP contribution in [0.4, 0.5) is 0 Å². The monoisotopic (exact) mass is 162 g/mol. The second-order valence-electron chi connectivity index (χ2n) is 2.15. The maximum Gasteiger partial charge on any atom is 0.0942 e. The predicted octanol–water partition coefficient (Wildman–Crippen LogP) is 0.284. The molecule has 0 aliphatic rings. The van der Waals surface area contributed by atoms with E-state index in [4.69, 9.17) is 16.2 Å². The van der Waals surface area contributed by atoms with Gasteiger partial charge in [-0.3, -0.25) is 5.41 Å². The Balaban J connectivity index is 3.21. The third-order valence-corrected chi connectivity index (χ3v) is 2.34. The van der Waals surface area contributed by atoms with Crippen molar-refractivity contribution in [3.8, 4) is 0 Å². The molecule has 0 aromatic rings. The Kier molecular flexibility index (Phi) is 5.43. The molecule has 4 N–H and O–H groups in total. The molecule has 60 valence electrons. The van der Waals surface area contributed by atoms with E-state index in [1.54, 1.807) is 11.8 Å². The fourth-order valence-corrected chi connectivity index (χ4v) is 1.24. The van der Waals surface area contributed by atoms with Crippen LogP contribution >= 0.6 is 11.8 Å². The lowest BCUT2D eigenvalue weighted by molar-refractivity contribution is 0.322. The van der Waals surface area contributed by atoms with Crippen LogP contribution in [0, 0.1) is 11.3 Å². The average molecular weight is 162 g/mol. The molecule has 0 rings (SSSR count). The van der Waals surface area contributed by atoms with E-state index in [0.29, 0.717) is 0 Å². The number of hydrogen-bond donors (Lipinski definition) is 3. The van der Waals surface area contributed by atoms with Gasteiger partial charge in [0.05, 0.1) is 12.4 Å². The summed E-state index contributed by atoms with van der Waals surface area (Å²) in [5, 5.41) is 15.4. The lowest BCUT2D eigenvalue weighted by atomic mass is 10.2. The molecule has 3 nitrogen and oxygen atoms in total. The van der Waals surface area contributed by atoms with Gasteiger partial charge in [-0.15, -0.1) is 0 Å². The molecule has 0 heterocycles. The van der Waals surface area contributed by atoms with Crippen LogP contribution in [0.3, 0.4) is 0 Å². The molecule has 0 bridgehead atoms. The van der Waals surface area contributed by atoms with Crippen molar-refractivity contribution in [2.45, 2.75) is 6.92 Å². The van der Waals surface area contributed by atoms with E-state index in [0.717, 1.165) is 11.5 Å². The summed E-state index contributed by atoms with van der Waals surface area (Å²) in [7, 11) is 0. The van der Waals surface area contributed by atoms with Gasteiger partial charge in [0, 0.05) is 17.4 Å². The molecule has 0 aromatic carbocycles. The first-order valence-electron chi connectivity index (χ1n) is 3.21. The van der Waals surface area contributed by atoms with Gasteiger partial charge in [-0.25, -0.2) is 0 Å². The van der Waals surface area contributed by atoms with E-state index in [1.807, 2.05) is 6.92 Å². The Morgan fingerprint density at radius 1 is 1.80 bits per heavy atom. The first-order valence-corrected chi connectivity index (χ1v) is 4.36. The van der Waals surface area contributed by atoms with Crippen LogP contribution in [0.2, 0.25) is 0 Å². The quantitative estimate of drug-likeness (QED) is 0.309. The Bertz CT molecular complexity index is 108. The molecule has 0 aliphatic heterocycles. The summed E-state index contributed by atoms with van der Waals surface area (Å²) in [4.78, 5) is 0. The van der Waals surface area contributed by atoms with E-state index in [2.05, 4.69) is 0 Å². The maximum atomic E-state index is 8.41. The first kappa shape index (κ1) is 9.78. The highest BCUT2D eigenvalue weighted by atomic mass is 32.2. The zero-order valence-corrected chi connectivity index (χ0v) is 6.95. The van der Waals surface area contributed by atoms with Crippen molar-refractivity contribution in [3.05, 3.63) is 0 Å². The van der Waals surface area contributed by atoms with Gasteiger partial charge < -0.3 is 10.8 Å². The van der Waals surface area contributed by atoms with E-state index >= 15 is 0 Å². The summed E-state index contributed by atoms with van der Waals surface area (Å²) in [5.41, 5.74) is 5.23. The van der Waals surface area contributed by atoms with Crippen molar-refractivity contribution in [2.24, 2.45) is 11.7 Å². The first-order chi connectivity index (χ1) is 4.68. The zero-order chi connectivity index (χ0) is 7.98. The van der Waals surface area contributed by atoms with Crippen LogP contribution in [0.15, 0.2) is 0 Å². The highest BCUT2D eigenvalue weighted by Gasteiger charge is 2.03. The molecule has 4 heteroatoms. The molecular weight excluding hydrogens is 148 g/mol. The van der Waals surface area contributed by atoms with Crippen LogP contribution < -0.4 is 5.73 Å². The number of aliphatic hydroxyl groups is 1. The molecule has 10 heavy (non-hydrogen) atoms. The van der Waals surface area contributed by atoms with Crippen LogP contribution in [0.5, 0.6) is 0 Å². The van der Waals surface area contributed by atoms with Crippen molar-refractivity contribution in [1.82, 2.24) is 0 Å². The zero-order valence-electron chi connectivity index (χ0n) is 6.13. The standard InChI is InChI=1S/C6H14N2OS/c1-5(6(7)8)4-10-3-2-9/h5,9H,2-4H2,1H3,(H3,7,8). The van der Waals surface area contributed by atoms with Gasteiger partial charge >= 0.3 is 0 Å². The Morgan fingerprint density at radius 2 is 2.40 bits per heavy atom. The molecule has 0 spiro atoms. The molecule has 1 unspecified atom stereocenters. The number of amidine groups is 1.